The number of nitrogens with one attached hydrogen (secondary N) is 1. The number of nitrogens with zero attached hydrogens (tertiary/aromatic N) is 3. The summed E-state index contributed by atoms with van der Waals surface area (Å²) >= 11 is 0. The predicted molar refractivity (Wildman–Crippen MR) is 155 cm³/mol. The molecule has 2 amide bonds. The van der Waals surface area contributed by atoms with Gasteiger partial charge in [0.1, 0.15) is 11.2 Å². The molecule has 0 bridgehead atoms. The molecule has 6 rings (SSSR count). The Morgan fingerprint density at radius 3 is 2.33 bits per heavy atom. The van der Waals surface area contributed by atoms with Gasteiger partial charge in [0.05, 0.1) is 17.7 Å². The number of amides is 2. The fourth-order valence-corrected chi connectivity index (χ4v) is 6.38. The van der Waals surface area contributed by atoms with Gasteiger partial charge in [0.2, 0.25) is 5.91 Å². The summed E-state index contributed by atoms with van der Waals surface area (Å²) in [6.45, 7) is 9.13. The Kier molecular flexibility index (Phi) is 6.37. The molecule has 39 heavy (non-hydrogen) atoms. The summed E-state index contributed by atoms with van der Waals surface area (Å²) in [4.78, 5) is 30.6. The number of fused-ring (bicyclic) bond motifs is 3. The highest BCUT2D eigenvalue weighted by molar-refractivity contribution is 6.09. The first kappa shape index (κ1) is 25.5. The number of hydrogen-bond acceptors (Lipinski definition) is 2. The number of aromatic nitrogens is 2. The molecule has 1 saturated carbocycles. The average Bonchev–Trinajstić information content (AvgIpc) is 3.55. The monoisotopic (exact) mass is 522 g/mol. The van der Waals surface area contributed by atoms with Gasteiger partial charge in [0.15, 0.2) is 0 Å². The molecule has 2 aliphatic rings. The Labute approximate surface area is 230 Å². The van der Waals surface area contributed by atoms with Crippen LogP contribution in [0.1, 0.15) is 66.7 Å². The number of hydrogen-bond donors (Lipinski definition) is 1. The van der Waals surface area contributed by atoms with Crippen molar-refractivity contribution in [2.24, 2.45) is 5.92 Å². The zero-order valence-corrected chi connectivity index (χ0v) is 23.4. The molecule has 202 valence electrons. The molecule has 0 radical (unpaired) electrons. The van der Waals surface area contributed by atoms with E-state index in [4.69, 9.17) is 0 Å². The van der Waals surface area contributed by atoms with Crippen molar-refractivity contribution < 1.29 is 9.59 Å². The topological polar surface area (TPSA) is 59.3 Å². The standard InChI is InChI=1S/C33H38N4O2/c1-22-7-12-25(13-8-22)20-37-31(38)30-29(35-17-5-6-18-35)27-19-24(3)11-16-28(27)36(30)21-33(37,4)32(39)34-26-14-9-23(2)10-15-26/h5-8,11-13,16-19,23,26H,9-10,14-15,20-21H2,1-4H3,(H,34,39)/t23?,26?,33-/m1/s1. The van der Waals surface area contributed by atoms with Gasteiger partial charge in [-0.2, -0.15) is 0 Å². The summed E-state index contributed by atoms with van der Waals surface area (Å²) in [5.41, 5.74) is 4.77. The summed E-state index contributed by atoms with van der Waals surface area (Å²) < 4.78 is 4.11. The van der Waals surface area contributed by atoms with Crippen molar-refractivity contribution in [3.8, 4) is 5.69 Å². The Morgan fingerprint density at radius 2 is 1.64 bits per heavy atom. The quantitative estimate of drug-likeness (QED) is 0.341. The molecule has 2 aromatic carbocycles. The maximum atomic E-state index is 14.6. The van der Waals surface area contributed by atoms with Crippen molar-refractivity contribution in [3.63, 3.8) is 0 Å². The van der Waals surface area contributed by atoms with Gasteiger partial charge in [0.25, 0.3) is 5.91 Å². The van der Waals surface area contributed by atoms with E-state index in [1.807, 2.05) is 40.9 Å². The van der Waals surface area contributed by atoms with Crippen LogP contribution in [0.4, 0.5) is 0 Å². The summed E-state index contributed by atoms with van der Waals surface area (Å²) in [5.74, 6) is 0.520. The predicted octanol–water partition coefficient (Wildman–Crippen LogP) is 6.16. The second-order valence-electron chi connectivity index (χ2n) is 12.0. The van der Waals surface area contributed by atoms with Gasteiger partial charge in [-0.15, -0.1) is 0 Å². The molecule has 6 heteroatoms. The van der Waals surface area contributed by atoms with Crippen molar-refractivity contribution in [3.05, 3.63) is 89.4 Å². The maximum Gasteiger partial charge on any atom is 0.273 e. The lowest BCUT2D eigenvalue weighted by Crippen LogP contribution is -2.64. The Hall–Kier alpha value is -3.80. The number of carbonyl (C=O) groups is 2. The fraction of sp³-hybridized carbons (Fsp3) is 0.394. The molecule has 0 saturated heterocycles. The van der Waals surface area contributed by atoms with E-state index in [1.165, 1.54) is 5.56 Å². The first-order valence-corrected chi connectivity index (χ1v) is 14.2. The summed E-state index contributed by atoms with van der Waals surface area (Å²) in [6.07, 6.45) is 8.20. The van der Waals surface area contributed by atoms with E-state index in [1.54, 1.807) is 0 Å². The van der Waals surface area contributed by atoms with E-state index in [2.05, 4.69) is 73.1 Å². The smallest absolute Gasteiger partial charge is 0.273 e. The average molecular weight is 523 g/mol. The SMILES string of the molecule is Cc1ccc(CN2C(=O)c3c(-n4cccc4)c4cc(C)ccc4n3C[C@]2(C)C(=O)NC2CCC(C)CC2)cc1. The van der Waals surface area contributed by atoms with Crippen molar-refractivity contribution in [2.75, 3.05) is 0 Å². The van der Waals surface area contributed by atoms with Crippen molar-refractivity contribution in [1.29, 1.82) is 0 Å². The summed E-state index contributed by atoms with van der Waals surface area (Å²) in [7, 11) is 0. The zero-order valence-electron chi connectivity index (χ0n) is 23.4. The van der Waals surface area contributed by atoms with Gasteiger partial charge in [-0.3, -0.25) is 9.59 Å². The first-order valence-electron chi connectivity index (χ1n) is 14.2. The fourth-order valence-electron chi connectivity index (χ4n) is 6.38. The van der Waals surface area contributed by atoms with Gasteiger partial charge in [-0.25, -0.2) is 0 Å². The highest BCUT2D eigenvalue weighted by atomic mass is 16.2. The maximum absolute atomic E-state index is 14.6. The van der Waals surface area contributed by atoms with E-state index in [-0.39, 0.29) is 17.9 Å². The van der Waals surface area contributed by atoms with Gasteiger partial charge in [-0.05, 0) is 82.2 Å². The number of aryl methyl sites for hydroxylation is 2. The van der Waals surface area contributed by atoms with Gasteiger partial charge < -0.3 is 19.4 Å². The van der Waals surface area contributed by atoms with Crippen LogP contribution in [0.2, 0.25) is 0 Å². The van der Waals surface area contributed by atoms with E-state index in [9.17, 15) is 9.59 Å². The molecule has 2 aromatic heterocycles. The van der Waals surface area contributed by atoms with Crippen LogP contribution in [0.25, 0.3) is 16.6 Å². The van der Waals surface area contributed by atoms with Crippen LogP contribution in [0.3, 0.4) is 0 Å². The lowest BCUT2D eigenvalue weighted by atomic mass is 9.86. The second-order valence-corrected chi connectivity index (χ2v) is 12.0. The third-order valence-electron chi connectivity index (χ3n) is 8.87. The molecular weight excluding hydrogens is 484 g/mol. The lowest BCUT2D eigenvalue weighted by molar-refractivity contribution is -0.134. The molecule has 0 spiro atoms. The molecule has 4 aromatic rings. The van der Waals surface area contributed by atoms with E-state index >= 15 is 0 Å². The van der Waals surface area contributed by atoms with Crippen molar-refractivity contribution in [2.45, 2.75) is 78.0 Å². The van der Waals surface area contributed by atoms with Crippen LogP contribution in [0.5, 0.6) is 0 Å². The summed E-state index contributed by atoms with van der Waals surface area (Å²) in [6, 6.07) is 18.7. The minimum Gasteiger partial charge on any atom is -0.351 e. The molecular formula is C33H38N4O2. The Morgan fingerprint density at radius 1 is 0.974 bits per heavy atom. The Balaban J connectivity index is 1.48. The van der Waals surface area contributed by atoms with E-state index < -0.39 is 5.54 Å². The van der Waals surface area contributed by atoms with Crippen LogP contribution in [0, 0.1) is 19.8 Å². The minimum atomic E-state index is -1.04. The van der Waals surface area contributed by atoms with Crippen molar-refractivity contribution in [1.82, 2.24) is 19.4 Å². The molecule has 6 nitrogen and oxygen atoms in total. The molecule has 1 fully saturated rings. The number of rotatable bonds is 5. The largest absolute Gasteiger partial charge is 0.351 e. The van der Waals surface area contributed by atoms with Crippen LogP contribution in [-0.2, 0) is 17.9 Å². The second kappa shape index (κ2) is 9.74. The van der Waals surface area contributed by atoms with Crippen LogP contribution in [-0.4, -0.2) is 37.4 Å². The Bertz CT molecular complexity index is 1520. The lowest BCUT2D eigenvalue weighted by Gasteiger charge is -2.45. The molecule has 1 aliphatic carbocycles. The summed E-state index contributed by atoms with van der Waals surface area (Å²) in [5, 5.41) is 4.39. The minimum absolute atomic E-state index is 0.0651. The van der Waals surface area contributed by atoms with Crippen LogP contribution < -0.4 is 5.32 Å². The van der Waals surface area contributed by atoms with E-state index in [0.717, 1.165) is 53.4 Å². The van der Waals surface area contributed by atoms with Crippen molar-refractivity contribution >= 4 is 22.7 Å². The third-order valence-corrected chi connectivity index (χ3v) is 8.87. The normalized spacial score (nSPS) is 23.2. The zero-order chi connectivity index (χ0) is 27.3. The highest BCUT2D eigenvalue weighted by Crippen LogP contribution is 2.39. The molecule has 1 aliphatic heterocycles. The van der Waals surface area contributed by atoms with Gasteiger partial charge in [-0.1, -0.05) is 48.4 Å². The van der Waals surface area contributed by atoms with Gasteiger partial charge >= 0.3 is 0 Å². The van der Waals surface area contributed by atoms with Gasteiger partial charge in [0, 0.05) is 30.4 Å². The highest BCUT2D eigenvalue weighted by Gasteiger charge is 2.49. The van der Waals surface area contributed by atoms with Crippen LogP contribution >= 0.6 is 0 Å². The first-order chi connectivity index (χ1) is 18.7. The van der Waals surface area contributed by atoms with E-state index in [0.29, 0.717) is 24.7 Å². The number of carbonyl (C=O) groups excluding carboxylic acids is 2. The third kappa shape index (κ3) is 4.46. The molecule has 1 N–H and O–H groups in total. The number of benzene rings is 2. The molecule has 0 unspecified atom stereocenters. The van der Waals surface area contributed by atoms with Crippen LogP contribution in [0.15, 0.2) is 67.0 Å². The molecule has 1 atom stereocenters. The molecule has 3 heterocycles.